The lowest BCUT2D eigenvalue weighted by Gasteiger charge is -2.13. The van der Waals surface area contributed by atoms with E-state index in [1.807, 2.05) is 30.3 Å². The molecule has 2 N–H and O–H groups in total. The Morgan fingerprint density at radius 2 is 1.78 bits per heavy atom. The van der Waals surface area contributed by atoms with E-state index >= 15 is 0 Å². The van der Waals surface area contributed by atoms with E-state index in [2.05, 4.69) is 5.32 Å². The van der Waals surface area contributed by atoms with Crippen LogP contribution in [0.15, 0.2) is 54.6 Å². The van der Waals surface area contributed by atoms with Crippen LogP contribution in [0.25, 0.3) is 0 Å². The minimum atomic E-state index is -0.750. The van der Waals surface area contributed by atoms with E-state index in [4.69, 9.17) is 9.47 Å². The second-order valence-corrected chi connectivity index (χ2v) is 5.00. The quantitative estimate of drug-likeness (QED) is 0.784. The molecular weight excluding hydrogens is 294 g/mol. The Balaban J connectivity index is 1.68. The summed E-state index contributed by atoms with van der Waals surface area (Å²) in [4.78, 5) is 11.7. The average molecular weight is 315 g/mol. The first kappa shape index (κ1) is 16.8. The van der Waals surface area contributed by atoms with Gasteiger partial charge in [0.2, 0.25) is 5.91 Å². The van der Waals surface area contributed by atoms with Gasteiger partial charge in [0.1, 0.15) is 11.5 Å². The van der Waals surface area contributed by atoms with Gasteiger partial charge in [0, 0.05) is 6.54 Å². The number of nitrogens with one attached hydrogen (secondary N) is 1. The van der Waals surface area contributed by atoms with E-state index in [1.54, 1.807) is 31.4 Å². The first-order chi connectivity index (χ1) is 11.2. The third kappa shape index (κ3) is 5.64. The van der Waals surface area contributed by atoms with E-state index < -0.39 is 6.10 Å². The number of hydrogen-bond acceptors (Lipinski definition) is 4. The van der Waals surface area contributed by atoms with Crippen LogP contribution in [0.1, 0.15) is 18.1 Å². The zero-order chi connectivity index (χ0) is 16.5. The highest BCUT2D eigenvalue weighted by atomic mass is 16.5. The van der Waals surface area contributed by atoms with Crippen molar-refractivity contribution >= 4 is 5.91 Å². The van der Waals surface area contributed by atoms with E-state index in [1.165, 1.54) is 0 Å². The van der Waals surface area contributed by atoms with Crippen molar-refractivity contribution in [1.82, 2.24) is 5.32 Å². The molecule has 1 amide bonds. The monoisotopic (exact) mass is 315 g/mol. The van der Waals surface area contributed by atoms with Crippen molar-refractivity contribution in [3.8, 4) is 11.5 Å². The molecule has 0 fully saturated rings. The van der Waals surface area contributed by atoms with Crippen molar-refractivity contribution in [2.45, 2.75) is 12.5 Å². The normalized spacial score (nSPS) is 11.6. The third-order valence-corrected chi connectivity index (χ3v) is 3.33. The largest absolute Gasteiger partial charge is 0.497 e. The zero-order valence-electron chi connectivity index (χ0n) is 13.1. The number of ether oxygens (including phenoxy) is 2. The molecule has 2 rings (SSSR count). The van der Waals surface area contributed by atoms with Gasteiger partial charge in [-0.05, 0) is 29.8 Å². The van der Waals surface area contributed by atoms with Crippen molar-refractivity contribution in [2.24, 2.45) is 0 Å². The van der Waals surface area contributed by atoms with Crippen molar-refractivity contribution in [3.63, 3.8) is 0 Å². The summed E-state index contributed by atoms with van der Waals surface area (Å²) in [6, 6.07) is 16.4. The van der Waals surface area contributed by atoms with Gasteiger partial charge in [-0.3, -0.25) is 4.79 Å². The Morgan fingerprint density at radius 1 is 1.09 bits per heavy atom. The summed E-state index contributed by atoms with van der Waals surface area (Å²) in [6.07, 6.45) is -0.510. The molecule has 23 heavy (non-hydrogen) atoms. The number of benzene rings is 2. The maximum Gasteiger partial charge on any atom is 0.223 e. The number of methoxy groups -OCH3 is 1. The molecule has 5 heteroatoms. The van der Waals surface area contributed by atoms with Gasteiger partial charge >= 0.3 is 0 Å². The summed E-state index contributed by atoms with van der Waals surface area (Å²) in [5.41, 5.74) is 0.728. The molecule has 0 aromatic heterocycles. The van der Waals surface area contributed by atoms with Crippen molar-refractivity contribution in [1.29, 1.82) is 0 Å². The predicted octanol–water partition coefficient (Wildman–Crippen LogP) is 2.31. The van der Waals surface area contributed by atoms with E-state index in [0.717, 1.165) is 17.1 Å². The van der Waals surface area contributed by atoms with Gasteiger partial charge in [0.25, 0.3) is 0 Å². The van der Waals surface area contributed by atoms with Crippen LogP contribution in [0.5, 0.6) is 11.5 Å². The van der Waals surface area contributed by atoms with Crippen LogP contribution >= 0.6 is 0 Å². The standard InChI is InChI=1S/C18H21NO4/c1-22-15-9-7-14(8-10-15)17(20)13-19-18(21)11-12-23-16-5-3-2-4-6-16/h2-10,17,20H,11-13H2,1H3,(H,19,21). The molecule has 0 spiro atoms. The van der Waals surface area contributed by atoms with Gasteiger partial charge in [-0.15, -0.1) is 0 Å². The molecule has 0 radical (unpaired) electrons. The molecule has 0 bridgehead atoms. The van der Waals surface area contributed by atoms with Gasteiger partial charge < -0.3 is 19.9 Å². The number of carbonyl (C=O) groups is 1. The summed E-state index contributed by atoms with van der Waals surface area (Å²) >= 11 is 0. The first-order valence-electron chi connectivity index (χ1n) is 7.45. The lowest BCUT2D eigenvalue weighted by atomic mass is 10.1. The fourth-order valence-electron chi connectivity index (χ4n) is 2.02. The Kier molecular flexibility index (Phi) is 6.44. The Bertz CT molecular complexity index is 598. The van der Waals surface area contributed by atoms with E-state index in [9.17, 15) is 9.90 Å². The third-order valence-electron chi connectivity index (χ3n) is 3.33. The molecule has 5 nitrogen and oxygen atoms in total. The number of aliphatic hydroxyl groups is 1. The van der Waals surface area contributed by atoms with Crippen molar-refractivity contribution < 1.29 is 19.4 Å². The summed E-state index contributed by atoms with van der Waals surface area (Å²) in [6.45, 7) is 0.463. The van der Waals surface area contributed by atoms with E-state index in [0.29, 0.717) is 6.61 Å². The van der Waals surface area contributed by atoms with Crippen LogP contribution in [0, 0.1) is 0 Å². The number of hydrogen-bond donors (Lipinski definition) is 2. The SMILES string of the molecule is COc1ccc(C(O)CNC(=O)CCOc2ccccc2)cc1. The molecule has 0 aliphatic rings. The number of aliphatic hydroxyl groups excluding tert-OH is 1. The van der Waals surface area contributed by atoms with Crippen LogP contribution < -0.4 is 14.8 Å². The molecule has 0 heterocycles. The van der Waals surface area contributed by atoms with Crippen LogP contribution in [-0.2, 0) is 4.79 Å². The molecule has 0 aliphatic heterocycles. The zero-order valence-corrected chi connectivity index (χ0v) is 13.1. The fourth-order valence-corrected chi connectivity index (χ4v) is 2.02. The molecule has 122 valence electrons. The second kappa shape index (κ2) is 8.80. The number of rotatable bonds is 8. The predicted molar refractivity (Wildman–Crippen MR) is 87.5 cm³/mol. The summed E-state index contributed by atoms with van der Waals surface area (Å²) in [5, 5.41) is 12.7. The maximum atomic E-state index is 11.7. The second-order valence-electron chi connectivity index (χ2n) is 5.00. The average Bonchev–Trinajstić information content (AvgIpc) is 2.60. The molecule has 2 aromatic rings. The van der Waals surface area contributed by atoms with Crippen molar-refractivity contribution in [2.75, 3.05) is 20.3 Å². The minimum absolute atomic E-state index is 0.159. The fraction of sp³-hybridized carbons (Fsp3) is 0.278. The van der Waals surface area contributed by atoms with Crippen LogP contribution in [0.4, 0.5) is 0 Å². The molecule has 2 aromatic carbocycles. The lowest BCUT2D eigenvalue weighted by Crippen LogP contribution is -2.29. The van der Waals surface area contributed by atoms with Crippen LogP contribution in [0.3, 0.4) is 0 Å². The highest BCUT2D eigenvalue weighted by Crippen LogP contribution is 2.17. The van der Waals surface area contributed by atoms with Crippen LogP contribution in [0.2, 0.25) is 0 Å². The minimum Gasteiger partial charge on any atom is -0.497 e. The van der Waals surface area contributed by atoms with Gasteiger partial charge in [-0.25, -0.2) is 0 Å². The molecule has 1 atom stereocenters. The highest BCUT2D eigenvalue weighted by molar-refractivity contribution is 5.76. The van der Waals surface area contributed by atoms with Gasteiger partial charge in [-0.2, -0.15) is 0 Å². The first-order valence-corrected chi connectivity index (χ1v) is 7.45. The van der Waals surface area contributed by atoms with E-state index in [-0.39, 0.29) is 18.9 Å². The smallest absolute Gasteiger partial charge is 0.223 e. The summed E-state index contributed by atoms with van der Waals surface area (Å²) in [5.74, 6) is 1.30. The van der Waals surface area contributed by atoms with Gasteiger partial charge in [0.05, 0.1) is 26.2 Å². The maximum absolute atomic E-state index is 11.7. The Labute approximate surface area is 135 Å². The highest BCUT2D eigenvalue weighted by Gasteiger charge is 2.09. The molecule has 0 aliphatic carbocycles. The van der Waals surface area contributed by atoms with Crippen LogP contribution in [-0.4, -0.2) is 31.3 Å². The molecule has 0 saturated heterocycles. The number of amides is 1. The number of carbonyl (C=O) groups excluding carboxylic acids is 1. The molecular formula is C18H21NO4. The van der Waals surface area contributed by atoms with Gasteiger partial charge in [0.15, 0.2) is 0 Å². The molecule has 0 saturated carbocycles. The van der Waals surface area contributed by atoms with Crippen molar-refractivity contribution in [3.05, 3.63) is 60.2 Å². The summed E-state index contributed by atoms with van der Waals surface area (Å²) < 4.78 is 10.5. The summed E-state index contributed by atoms with van der Waals surface area (Å²) in [7, 11) is 1.59. The molecule has 1 unspecified atom stereocenters. The Hall–Kier alpha value is -2.53. The van der Waals surface area contributed by atoms with Gasteiger partial charge in [-0.1, -0.05) is 30.3 Å². The topological polar surface area (TPSA) is 67.8 Å². The number of para-hydroxylation sites is 1. The Morgan fingerprint density at radius 3 is 2.43 bits per heavy atom. The lowest BCUT2D eigenvalue weighted by molar-refractivity contribution is -0.122.